The Morgan fingerprint density at radius 1 is 0.750 bits per heavy atom. The van der Waals surface area contributed by atoms with Gasteiger partial charge in [-0.2, -0.15) is 0 Å². The lowest BCUT2D eigenvalue weighted by atomic mass is 9.78. The smallest absolute Gasteiger partial charge is 0.329 e. The van der Waals surface area contributed by atoms with Crippen LogP contribution in [0.3, 0.4) is 0 Å². The number of amides is 1. The fourth-order valence-electron chi connectivity index (χ4n) is 6.78. The van der Waals surface area contributed by atoms with Crippen LogP contribution in [0.25, 0.3) is 10.9 Å². The van der Waals surface area contributed by atoms with Crippen LogP contribution in [0, 0.1) is 11.8 Å². The second-order valence-corrected chi connectivity index (χ2v) is 12.8. The first kappa shape index (κ1) is 33.0. The van der Waals surface area contributed by atoms with E-state index in [2.05, 4.69) is 10.3 Å². The average Bonchev–Trinajstić information content (AvgIpc) is 3.55. The first-order valence-electron chi connectivity index (χ1n) is 17.0. The predicted molar refractivity (Wildman–Crippen MR) is 187 cm³/mol. The summed E-state index contributed by atoms with van der Waals surface area (Å²) in [5.74, 6) is -0.999. The largest absolute Gasteiger partial charge is 0.489 e. The number of aromatic amines is 1. The highest BCUT2D eigenvalue weighted by Gasteiger charge is 2.36. The van der Waals surface area contributed by atoms with E-state index >= 15 is 0 Å². The molecule has 1 aromatic heterocycles. The summed E-state index contributed by atoms with van der Waals surface area (Å²) in [7, 11) is 0. The lowest BCUT2D eigenvalue weighted by molar-refractivity contribution is -0.150. The topological polar surface area (TPSA) is 101 Å². The minimum absolute atomic E-state index is 0.00370. The second kappa shape index (κ2) is 16.3. The van der Waals surface area contributed by atoms with Gasteiger partial charge in [-0.05, 0) is 59.6 Å². The van der Waals surface area contributed by atoms with E-state index in [4.69, 9.17) is 9.47 Å². The molecule has 3 N–H and O–H groups in total. The Hall–Kier alpha value is -4.88. The van der Waals surface area contributed by atoms with Crippen molar-refractivity contribution in [2.45, 2.75) is 70.3 Å². The Bertz CT molecular complexity index is 1760. The molecule has 7 heteroatoms. The Labute approximate surface area is 282 Å². The predicted octanol–water partition coefficient (Wildman–Crippen LogP) is 7.32. The summed E-state index contributed by atoms with van der Waals surface area (Å²) < 4.78 is 12.0. The first-order valence-corrected chi connectivity index (χ1v) is 17.0. The molecule has 1 saturated carbocycles. The molecule has 1 heterocycles. The standard InChI is InChI=1S/C41H44N2O5/c44-39(31-18-8-3-9-19-31)35(24-32-20-10-13-23-38(32)47-27-29-14-4-1-5-15-29)40(45)43-37(41(46)48-28-30-16-6-2-7-17-30)25-33-26-42-36-22-12-11-21-34(33)36/h1-2,4-7,10-17,20-23,26,31,35,37,39,42,44H,3,8-9,18-19,24-25,27-28H2,(H,43,45)/t35?,37-,39?/m0/s1. The maximum atomic E-state index is 14.4. The zero-order chi connectivity index (χ0) is 33.1. The van der Waals surface area contributed by atoms with Crippen LogP contribution in [0.4, 0.5) is 0 Å². The Kier molecular flexibility index (Phi) is 11.2. The van der Waals surface area contributed by atoms with Gasteiger partial charge in [0.1, 0.15) is 25.0 Å². The third-order valence-electron chi connectivity index (χ3n) is 9.46. The van der Waals surface area contributed by atoms with Crippen molar-refractivity contribution >= 4 is 22.8 Å². The average molecular weight is 645 g/mol. The SMILES string of the molecule is O=C(N[C@@H](Cc1c[nH]c2ccccc12)C(=O)OCc1ccccc1)C(Cc1ccccc1OCc1ccccc1)C(O)C1CCCCC1. The number of para-hydroxylation sites is 2. The van der Waals surface area contributed by atoms with E-state index in [1.54, 1.807) is 0 Å². The van der Waals surface area contributed by atoms with Crippen molar-refractivity contribution in [2.24, 2.45) is 11.8 Å². The summed E-state index contributed by atoms with van der Waals surface area (Å²) in [5, 5.41) is 15.9. The quantitative estimate of drug-likeness (QED) is 0.110. The van der Waals surface area contributed by atoms with Crippen molar-refractivity contribution in [1.82, 2.24) is 10.3 Å². The van der Waals surface area contributed by atoms with Gasteiger partial charge in [0.2, 0.25) is 5.91 Å². The van der Waals surface area contributed by atoms with Gasteiger partial charge in [0.15, 0.2) is 0 Å². The summed E-state index contributed by atoms with van der Waals surface area (Å²) in [6, 6.07) is 34.1. The number of ether oxygens (including phenoxy) is 2. The third kappa shape index (κ3) is 8.52. The van der Waals surface area contributed by atoms with Crippen LogP contribution >= 0.6 is 0 Å². The molecule has 0 spiro atoms. The van der Waals surface area contributed by atoms with Crippen LogP contribution in [0.1, 0.15) is 54.4 Å². The molecule has 1 amide bonds. The number of carbonyl (C=O) groups excluding carboxylic acids is 2. The number of aromatic nitrogens is 1. The molecule has 0 aliphatic heterocycles. The van der Waals surface area contributed by atoms with Gasteiger partial charge in [0, 0.05) is 23.5 Å². The van der Waals surface area contributed by atoms with Crippen LogP contribution < -0.4 is 10.1 Å². The van der Waals surface area contributed by atoms with Gasteiger partial charge in [-0.15, -0.1) is 0 Å². The Morgan fingerprint density at radius 3 is 2.15 bits per heavy atom. The number of benzene rings is 4. The molecule has 7 nitrogen and oxygen atoms in total. The number of aliphatic hydroxyl groups is 1. The molecule has 1 fully saturated rings. The van der Waals surface area contributed by atoms with E-state index in [1.165, 1.54) is 0 Å². The number of hydrogen-bond acceptors (Lipinski definition) is 5. The Balaban J connectivity index is 1.25. The van der Waals surface area contributed by atoms with Crippen LogP contribution in [0.15, 0.2) is 115 Å². The molecule has 4 aromatic carbocycles. The molecule has 1 aliphatic rings. The lowest BCUT2D eigenvalue weighted by Crippen LogP contribution is -2.50. The molecule has 6 rings (SSSR count). The molecule has 0 saturated heterocycles. The summed E-state index contributed by atoms with van der Waals surface area (Å²) in [5.41, 5.74) is 4.59. The lowest BCUT2D eigenvalue weighted by Gasteiger charge is -2.33. The normalized spacial score (nSPS) is 15.4. The Morgan fingerprint density at radius 2 is 1.40 bits per heavy atom. The number of carbonyl (C=O) groups is 2. The van der Waals surface area contributed by atoms with Gasteiger partial charge in [0.05, 0.1) is 12.0 Å². The minimum Gasteiger partial charge on any atom is -0.489 e. The van der Waals surface area contributed by atoms with Crippen LogP contribution in [-0.4, -0.2) is 34.1 Å². The molecule has 0 bridgehead atoms. The zero-order valence-electron chi connectivity index (χ0n) is 27.2. The van der Waals surface area contributed by atoms with Crippen LogP contribution in [0.2, 0.25) is 0 Å². The van der Waals surface area contributed by atoms with Crippen LogP contribution in [0.5, 0.6) is 5.75 Å². The molecular weight excluding hydrogens is 600 g/mol. The van der Waals surface area contributed by atoms with E-state index in [9.17, 15) is 14.7 Å². The zero-order valence-corrected chi connectivity index (χ0v) is 27.2. The molecule has 48 heavy (non-hydrogen) atoms. The van der Waals surface area contributed by atoms with Gasteiger partial charge >= 0.3 is 5.97 Å². The van der Waals surface area contributed by atoms with Crippen LogP contribution in [-0.2, 0) is 40.4 Å². The summed E-state index contributed by atoms with van der Waals surface area (Å²) in [6.45, 7) is 0.486. The molecule has 0 radical (unpaired) electrons. The van der Waals surface area contributed by atoms with Gasteiger partial charge in [-0.25, -0.2) is 4.79 Å². The number of esters is 1. The van der Waals surface area contributed by atoms with E-state index < -0.39 is 24.0 Å². The summed E-state index contributed by atoms with van der Waals surface area (Å²) in [6.07, 6.45) is 6.45. The number of H-pyrrole nitrogens is 1. The van der Waals surface area contributed by atoms with Gasteiger partial charge in [-0.3, -0.25) is 4.79 Å². The van der Waals surface area contributed by atoms with Crippen molar-refractivity contribution in [1.29, 1.82) is 0 Å². The van der Waals surface area contributed by atoms with Crippen molar-refractivity contribution in [3.63, 3.8) is 0 Å². The molecule has 248 valence electrons. The molecule has 3 atom stereocenters. The third-order valence-corrected chi connectivity index (χ3v) is 9.46. The fourth-order valence-corrected chi connectivity index (χ4v) is 6.78. The fraction of sp³-hybridized carbons (Fsp3) is 0.317. The molecule has 2 unspecified atom stereocenters. The molecular formula is C41H44N2O5. The monoisotopic (exact) mass is 644 g/mol. The second-order valence-electron chi connectivity index (χ2n) is 12.8. The van der Waals surface area contributed by atoms with Gasteiger partial charge < -0.3 is 24.9 Å². The maximum absolute atomic E-state index is 14.4. The van der Waals surface area contributed by atoms with E-state index in [-0.39, 0.29) is 31.3 Å². The van der Waals surface area contributed by atoms with Crippen molar-refractivity contribution in [2.75, 3.05) is 0 Å². The highest BCUT2D eigenvalue weighted by molar-refractivity contribution is 5.88. The molecule has 5 aromatic rings. The summed E-state index contributed by atoms with van der Waals surface area (Å²) >= 11 is 0. The van der Waals surface area contributed by atoms with E-state index in [0.29, 0.717) is 12.4 Å². The van der Waals surface area contributed by atoms with E-state index in [1.807, 2.05) is 115 Å². The number of rotatable bonds is 14. The van der Waals surface area contributed by atoms with Crippen molar-refractivity contribution < 1.29 is 24.2 Å². The summed E-state index contributed by atoms with van der Waals surface area (Å²) in [4.78, 5) is 31.4. The van der Waals surface area contributed by atoms with Crippen molar-refractivity contribution in [3.8, 4) is 5.75 Å². The molecule has 1 aliphatic carbocycles. The number of aliphatic hydroxyl groups excluding tert-OH is 1. The van der Waals surface area contributed by atoms with E-state index in [0.717, 1.165) is 65.3 Å². The minimum atomic E-state index is -0.953. The number of nitrogens with one attached hydrogen (secondary N) is 2. The number of fused-ring (bicyclic) bond motifs is 1. The van der Waals surface area contributed by atoms with Gasteiger partial charge in [0.25, 0.3) is 0 Å². The highest BCUT2D eigenvalue weighted by atomic mass is 16.5. The first-order chi connectivity index (χ1) is 23.5. The van der Waals surface area contributed by atoms with Crippen molar-refractivity contribution in [3.05, 3.63) is 138 Å². The number of hydrogen-bond donors (Lipinski definition) is 3. The highest BCUT2D eigenvalue weighted by Crippen LogP contribution is 2.33. The van der Waals surface area contributed by atoms with Gasteiger partial charge in [-0.1, -0.05) is 116 Å². The maximum Gasteiger partial charge on any atom is 0.329 e.